The Balaban J connectivity index is 2.13. The summed E-state index contributed by atoms with van der Waals surface area (Å²) < 4.78 is 5.73. The Kier molecular flexibility index (Phi) is 7.18. The zero-order valence-corrected chi connectivity index (χ0v) is 16.2. The molecule has 0 aliphatic carbocycles. The van der Waals surface area contributed by atoms with Gasteiger partial charge in [-0.1, -0.05) is 43.6 Å². The van der Waals surface area contributed by atoms with Crippen molar-refractivity contribution in [3.8, 4) is 5.75 Å². The molecule has 0 spiro atoms. The fraction of sp³-hybridized carbons (Fsp3) is 0.400. The van der Waals surface area contributed by atoms with Gasteiger partial charge in [-0.3, -0.25) is 4.98 Å². The third kappa shape index (κ3) is 5.66. The Labute approximate surface area is 163 Å². The van der Waals surface area contributed by atoms with Gasteiger partial charge in [0, 0.05) is 41.0 Å². The zero-order chi connectivity index (χ0) is 20.0. The van der Waals surface area contributed by atoms with Gasteiger partial charge in [0.25, 0.3) is 0 Å². The van der Waals surface area contributed by atoms with E-state index in [1.807, 2.05) is 32.0 Å². The molecular formula is C20H25ClN2O4. The van der Waals surface area contributed by atoms with E-state index >= 15 is 0 Å². The van der Waals surface area contributed by atoms with Gasteiger partial charge in [-0.15, -0.1) is 0 Å². The Morgan fingerprint density at radius 2 is 2.04 bits per heavy atom. The molecule has 2 atom stereocenters. The van der Waals surface area contributed by atoms with Crippen LogP contribution in [0, 0.1) is 5.92 Å². The molecule has 0 bridgehead atoms. The number of aromatic nitrogens is 1. The van der Waals surface area contributed by atoms with Crippen LogP contribution in [0.5, 0.6) is 5.75 Å². The van der Waals surface area contributed by atoms with Crippen LogP contribution in [0.15, 0.2) is 42.6 Å². The van der Waals surface area contributed by atoms with Gasteiger partial charge in [0.1, 0.15) is 12.4 Å². The van der Waals surface area contributed by atoms with E-state index in [9.17, 15) is 15.0 Å². The minimum Gasteiger partial charge on any atom is -0.489 e. The van der Waals surface area contributed by atoms with Crippen LogP contribution < -0.4 is 10.5 Å². The first-order valence-electron chi connectivity index (χ1n) is 8.75. The van der Waals surface area contributed by atoms with Crippen LogP contribution in [0.4, 0.5) is 0 Å². The maximum absolute atomic E-state index is 11.7. The Morgan fingerprint density at radius 1 is 1.33 bits per heavy atom. The molecule has 2 rings (SSSR count). The molecule has 0 unspecified atom stereocenters. The van der Waals surface area contributed by atoms with Crippen molar-refractivity contribution in [3.63, 3.8) is 0 Å². The van der Waals surface area contributed by atoms with E-state index in [1.54, 1.807) is 18.2 Å². The van der Waals surface area contributed by atoms with Gasteiger partial charge in [-0.25, -0.2) is 4.79 Å². The highest BCUT2D eigenvalue weighted by molar-refractivity contribution is 6.31. The number of carbonyl (C=O) groups is 1. The van der Waals surface area contributed by atoms with Crippen LogP contribution in [-0.4, -0.2) is 32.8 Å². The Hall–Kier alpha value is -2.15. The predicted molar refractivity (Wildman–Crippen MR) is 104 cm³/mol. The number of halogens is 1. The van der Waals surface area contributed by atoms with Gasteiger partial charge in [-0.05, 0) is 24.5 Å². The average molecular weight is 393 g/mol. The van der Waals surface area contributed by atoms with E-state index in [4.69, 9.17) is 22.1 Å². The third-order valence-electron chi connectivity index (χ3n) is 4.30. The normalized spacial score (nSPS) is 14.6. The van der Waals surface area contributed by atoms with Crippen molar-refractivity contribution in [1.82, 2.24) is 4.98 Å². The molecule has 1 aromatic heterocycles. The number of carboxylic acids is 1. The summed E-state index contributed by atoms with van der Waals surface area (Å²) in [4.78, 5) is 15.8. The van der Waals surface area contributed by atoms with Crippen molar-refractivity contribution in [2.45, 2.75) is 44.9 Å². The molecule has 0 aliphatic heterocycles. The lowest BCUT2D eigenvalue weighted by molar-refractivity contribution is -0.161. The molecule has 27 heavy (non-hydrogen) atoms. The summed E-state index contributed by atoms with van der Waals surface area (Å²) in [6.45, 7) is 4.10. The van der Waals surface area contributed by atoms with Crippen LogP contribution in [0.1, 0.15) is 31.5 Å². The number of carboxylic acid groups (broad SMARTS) is 1. The molecule has 7 heteroatoms. The number of nitrogens with two attached hydrogens (primary N) is 1. The Morgan fingerprint density at radius 3 is 2.67 bits per heavy atom. The maximum Gasteiger partial charge on any atom is 0.337 e. The van der Waals surface area contributed by atoms with Gasteiger partial charge in [-0.2, -0.15) is 0 Å². The largest absolute Gasteiger partial charge is 0.489 e. The fourth-order valence-corrected chi connectivity index (χ4v) is 2.95. The van der Waals surface area contributed by atoms with Crippen LogP contribution in [0.3, 0.4) is 0 Å². The first-order valence-corrected chi connectivity index (χ1v) is 9.12. The number of rotatable bonds is 9. The molecule has 4 N–H and O–H groups in total. The second kappa shape index (κ2) is 9.17. The minimum atomic E-state index is -2.10. The quantitative estimate of drug-likeness (QED) is 0.605. The first-order chi connectivity index (χ1) is 12.7. The van der Waals surface area contributed by atoms with Crippen LogP contribution in [0.2, 0.25) is 5.02 Å². The second-order valence-electron chi connectivity index (χ2n) is 7.01. The average Bonchev–Trinajstić information content (AvgIpc) is 2.60. The molecule has 1 heterocycles. The standard InChI is InChI=1S/C20H25ClN2O4/c1-13(2)9-18(22)20(26,19(24)25)11-15-10-16(7-8-23-15)27-12-14-5-3-4-6-17(14)21/h3-8,10,13,18,26H,9,11-12,22H2,1-2H3,(H,24,25)/t18-,20+/m0/s1. The molecule has 0 amide bonds. The zero-order valence-electron chi connectivity index (χ0n) is 15.4. The maximum atomic E-state index is 11.7. The number of benzene rings is 1. The third-order valence-corrected chi connectivity index (χ3v) is 4.67. The van der Waals surface area contributed by atoms with Gasteiger partial charge in [0.2, 0.25) is 0 Å². The van der Waals surface area contributed by atoms with Gasteiger partial charge >= 0.3 is 5.97 Å². The SMILES string of the molecule is CC(C)C[C@H](N)[C@](O)(Cc1cc(OCc2ccccc2Cl)ccn1)C(=O)O. The fourth-order valence-electron chi connectivity index (χ4n) is 2.76. The van der Waals surface area contributed by atoms with Crippen molar-refractivity contribution in [3.05, 3.63) is 58.9 Å². The van der Waals surface area contributed by atoms with Crippen LogP contribution in [-0.2, 0) is 17.8 Å². The van der Waals surface area contributed by atoms with Crippen molar-refractivity contribution in [2.75, 3.05) is 0 Å². The summed E-state index contributed by atoms with van der Waals surface area (Å²) in [5, 5.41) is 20.8. The highest BCUT2D eigenvalue weighted by Crippen LogP contribution is 2.24. The molecule has 0 aliphatic rings. The second-order valence-corrected chi connectivity index (χ2v) is 7.41. The summed E-state index contributed by atoms with van der Waals surface area (Å²) in [5.41, 5.74) is 5.11. The lowest BCUT2D eigenvalue weighted by Crippen LogP contribution is -2.56. The smallest absolute Gasteiger partial charge is 0.337 e. The molecule has 0 fully saturated rings. The number of aliphatic carboxylic acids is 1. The van der Waals surface area contributed by atoms with E-state index in [2.05, 4.69) is 4.98 Å². The minimum absolute atomic E-state index is 0.157. The van der Waals surface area contributed by atoms with E-state index < -0.39 is 17.6 Å². The van der Waals surface area contributed by atoms with Crippen molar-refractivity contribution in [2.24, 2.45) is 11.7 Å². The predicted octanol–water partition coefficient (Wildman–Crippen LogP) is 3.05. The highest BCUT2D eigenvalue weighted by atomic mass is 35.5. The number of nitrogens with zero attached hydrogens (tertiary/aromatic N) is 1. The summed E-state index contributed by atoms with van der Waals surface area (Å²) in [5.74, 6) is -0.700. The molecule has 146 valence electrons. The van der Waals surface area contributed by atoms with Gasteiger partial charge in [0.05, 0.1) is 0 Å². The van der Waals surface area contributed by atoms with E-state index in [-0.39, 0.29) is 18.9 Å². The first kappa shape index (κ1) is 21.2. The molecule has 2 aromatic rings. The lowest BCUT2D eigenvalue weighted by atomic mass is 9.84. The van der Waals surface area contributed by atoms with Gasteiger partial charge in [0.15, 0.2) is 5.60 Å². The topological polar surface area (TPSA) is 106 Å². The summed E-state index contributed by atoms with van der Waals surface area (Å²) in [7, 11) is 0. The molecule has 0 radical (unpaired) electrons. The summed E-state index contributed by atoms with van der Waals surface area (Å²) in [6, 6.07) is 9.69. The summed E-state index contributed by atoms with van der Waals surface area (Å²) >= 11 is 6.12. The highest BCUT2D eigenvalue weighted by Gasteiger charge is 2.43. The van der Waals surface area contributed by atoms with Crippen molar-refractivity contribution in [1.29, 1.82) is 0 Å². The van der Waals surface area contributed by atoms with Gasteiger partial charge < -0.3 is 20.7 Å². The number of hydrogen-bond donors (Lipinski definition) is 3. The summed E-state index contributed by atoms with van der Waals surface area (Å²) in [6.07, 6.45) is 1.68. The number of hydrogen-bond acceptors (Lipinski definition) is 5. The van der Waals surface area contributed by atoms with E-state index in [0.29, 0.717) is 22.9 Å². The monoisotopic (exact) mass is 392 g/mol. The molecule has 1 aromatic carbocycles. The number of ether oxygens (including phenoxy) is 1. The molecule has 0 saturated heterocycles. The Bertz CT molecular complexity index is 784. The van der Waals surface area contributed by atoms with E-state index in [0.717, 1.165) is 5.56 Å². The molecule has 6 nitrogen and oxygen atoms in total. The van der Waals surface area contributed by atoms with Crippen molar-refractivity contribution < 1.29 is 19.7 Å². The van der Waals surface area contributed by atoms with E-state index in [1.165, 1.54) is 6.20 Å². The number of pyridine rings is 1. The van der Waals surface area contributed by atoms with Crippen LogP contribution >= 0.6 is 11.6 Å². The number of aliphatic hydroxyl groups is 1. The molecular weight excluding hydrogens is 368 g/mol. The van der Waals surface area contributed by atoms with Crippen LogP contribution in [0.25, 0.3) is 0 Å². The lowest BCUT2D eigenvalue weighted by Gasteiger charge is -2.30. The molecule has 0 saturated carbocycles. The van der Waals surface area contributed by atoms with Crippen molar-refractivity contribution >= 4 is 17.6 Å².